The van der Waals surface area contributed by atoms with Crippen molar-refractivity contribution in [3.63, 3.8) is 0 Å². The van der Waals surface area contributed by atoms with Crippen molar-refractivity contribution < 1.29 is 4.74 Å². The van der Waals surface area contributed by atoms with Crippen molar-refractivity contribution in [1.82, 2.24) is 0 Å². The molecule has 0 aliphatic carbocycles. The summed E-state index contributed by atoms with van der Waals surface area (Å²) in [6, 6.07) is 0. The molecule has 0 atom stereocenters. The van der Waals surface area contributed by atoms with Crippen LogP contribution >= 0.6 is 0 Å². The van der Waals surface area contributed by atoms with Crippen molar-refractivity contribution in [2.45, 2.75) is 24.9 Å². The SMILES string of the molecule is [Li][CH2]CCCOCC. The monoisotopic (exact) mass is 108 g/mol. The average Bonchev–Trinajstić information content (AvgIpc) is 1.81. The quantitative estimate of drug-likeness (QED) is 0.382. The van der Waals surface area contributed by atoms with Gasteiger partial charge in [0.25, 0.3) is 0 Å². The van der Waals surface area contributed by atoms with Gasteiger partial charge in [-0.3, -0.25) is 0 Å². The zero-order valence-electron chi connectivity index (χ0n) is 5.94. The van der Waals surface area contributed by atoms with Crippen LogP contribution in [0.25, 0.3) is 0 Å². The molecule has 0 saturated carbocycles. The molecule has 0 aliphatic heterocycles. The Labute approximate surface area is 61.0 Å². The predicted molar refractivity (Wildman–Crippen MR) is 36.3 cm³/mol. The molecule has 0 aromatic carbocycles. The van der Waals surface area contributed by atoms with Crippen LogP contribution in [0.15, 0.2) is 0 Å². The molecule has 0 amide bonds. The number of hydrogen-bond donors (Lipinski definition) is 0. The van der Waals surface area contributed by atoms with Gasteiger partial charge in [0.2, 0.25) is 0 Å². The van der Waals surface area contributed by atoms with Crippen LogP contribution < -0.4 is 0 Å². The molecule has 0 N–H and O–H groups in total. The molecule has 0 bridgehead atoms. The Morgan fingerprint density at radius 2 is 2.12 bits per heavy atom. The fourth-order valence-electron chi connectivity index (χ4n) is 0.598. The van der Waals surface area contributed by atoms with Crippen LogP contribution in [0.3, 0.4) is 0 Å². The molecule has 0 rings (SSSR count). The summed E-state index contributed by atoms with van der Waals surface area (Å²) in [7, 11) is 0. The first-order valence-electron chi connectivity index (χ1n) is 3.49. The van der Waals surface area contributed by atoms with Crippen molar-refractivity contribution in [2.24, 2.45) is 0 Å². The van der Waals surface area contributed by atoms with E-state index in [9.17, 15) is 0 Å². The Hall–Kier alpha value is 0.557. The van der Waals surface area contributed by atoms with Crippen molar-refractivity contribution in [3.05, 3.63) is 0 Å². The van der Waals surface area contributed by atoms with Gasteiger partial charge in [0.15, 0.2) is 0 Å². The Kier molecular flexibility index (Phi) is 8.08. The molecule has 0 aromatic rings. The first-order valence-corrected chi connectivity index (χ1v) is 3.49. The molecule has 0 saturated heterocycles. The third kappa shape index (κ3) is 6.56. The molecular weight excluding hydrogens is 95.0 g/mol. The van der Waals surface area contributed by atoms with Gasteiger partial charge in [-0.2, -0.15) is 0 Å². The van der Waals surface area contributed by atoms with Crippen molar-refractivity contribution >= 4 is 17.7 Å². The Morgan fingerprint density at radius 1 is 1.38 bits per heavy atom. The van der Waals surface area contributed by atoms with E-state index in [2.05, 4.69) is 17.7 Å². The fraction of sp³-hybridized carbons (Fsp3) is 1.00. The van der Waals surface area contributed by atoms with Crippen molar-refractivity contribution in [2.75, 3.05) is 13.2 Å². The van der Waals surface area contributed by atoms with Crippen LogP contribution in [0.5, 0.6) is 0 Å². The van der Waals surface area contributed by atoms with E-state index in [1.54, 1.807) is 0 Å². The zero-order chi connectivity index (χ0) is 6.24. The predicted octanol–water partition coefficient (Wildman–Crippen LogP) is 1.39. The topological polar surface area (TPSA) is 9.23 Å². The van der Waals surface area contributed by atoms with E-state index < -0.39 is 0 Å². The van der Waals surface area contributed by atoms with Gasteiger partial charge < -0.3 is 0 Å². The fourth-order valence-corrected chi connectivity index (χ4v) is 0.598. The summed E-state index contributed by atoms with van der Waals surface area (Å²) in [5.74, 6) is 0. The molecule has 0 unspecified atom stereocenters. The van der Waals surface area contributed by atoms with Crippen LogP contribution in [0.4, 0.5) is 0 Å². The van der Waals surface area contributed by atoms with E-state index in [1.807, 2.05) is 6.92 Å². The summed E-state index contributed by atoms with van der Waals surface area (Å²) in [4.78, 5) is 0. The van der Waals surface area contributed by atoms with Crippen LogP contribution in [-0.4, -0.2) is 30.9 Å². The Bertz CT molecular complexity index is 33.5. The average molecular weight is 108 g/mol. The van der Waals surface area contributed by atoms with E-state index >= 15 is 0 Å². The molecule has 0 aliphatic rings. The summed E-state index contributed by atoms with van der Waals surface area (Å²) >= 11 is 2.20. The molecule has 0 fully saturated rings. The van der Waals surface area contributed by atoms with Gasteiger partial charge in [0.1, 0.15) is 0 Å². The van der Waals surface area contributed by atoms with E-state index in [4.69, 9.17) is 4.74 Å². The van der Waals surface area contributed by atoms with Crippen LogP contribution in [0.1, 0.15) is 19.8 Å². The molecular formula is C6H13LiO. The van der Waals surface area contributed by atoms with Crippen molar-refractivity contribution in [1.29, 1.82) is 0 Å². The zero-order valence-corrected chi connectivity index (χ0v) is 5.94. The molecule has 8 heavy (non-hydrogen) atoms. The molecule has 0 spiro atoms. The van der Waals surface area contributed by atoms with Gasteiger partial charge in [-0.1, -0.05) is 0 Å². The maximum atomic E-state index is 5.14. The number of ether oxygens (including phenoxy) is 1. The molecule has 1 nitrogen and oxygen atoms in total. The normalized spacial score (nSPS) is 9.88. The minimum absolute atomic E-state index is 0.865. The van der Waals surface area contributed by atoms with E-state index in [1.165, 1.54) is 17.9 Å². The molecule has 0 aromatic heterocycles. The number of hydrogen-bond acceptors (Lipinski definition) is 1. The Balaban J connectivity index is 2.53. The van der Waals surface area contributed by atoms with Gasteiger partial charge in [0.05, 0.1) is 0 Å². The van der Waals surface area contributed by atoms with Crippen LogP contribution in [0.2, 0.25) is 5.09 Å². The first-order chi connectivity index (χ1) is 3.91. The van der Waals surface area contributed by atoms with Crippen molar-refractivity contribution in [3.8, 4) is 0 Å². The second kappa shape index (κ2) is 7.56. The standard InChI is InChI=1S/C6H13O.Li/c1-3-5-6-7-4-2;/h1,3-6H2,2H3;. The van der Waals surface area contributed by atoms with Gasteiger partial charge in [-0.05, 0) is 0 Å². The molecule has 0 heterocycles. The second-order valence-corrected chi connectivity index (χ2v) is 1.90. The minimum atomic E-state index is 0.865. The summed E-state index contributed by atoms with van der Waals surface area (Å²) in [6.07, 6.45) is 2.53. The van der Waals surface area contributed by atoms with E-state index in [0.717, 1.165) is 13.2 Å². The number of rotatable bonds is 5. The Morgan fingerprint density at radius 3 is 2.62 bits per heavy atom. The summed E-state index contributed by atoms with van der Waals surface area (Å²) in [5.41, 5.74) is 0. The van der Waals surface area contributed by atoms with Gasteiger partial charge in [-0.15, -0.1) is 0 Å². The molecule has 2 heteroatoms. The number of unbranched alkanes of at least 4 members (excludes halogenated alkanes) is 1. The summed E-state index contributed by atoms with van der Waals surface area (Å²) in [5, 5.41) is 1.28. The third-order valence-corrected chi connectivity index (χ3v) is 1.10. The summed E-state index contributed by atoms with van der Waals surface area (Å²) < 4.78 is 5.14. The first kappa shape index (κ1) is 8.56. The van der Waals surface area contributed by atoms with E-state index in [-0.39, 0.29) is 0 Å². The molecule has 0 radical (unpaired) electrons. The maximum absolute atomic E-state index is 5.14. The molecule has 44 valence electrons. The van der Waals surface area contributed by atoms with Gasteiger partial charge >= 0.3 is 60.5 Å². The van der Waals surface area contributed by atoms with Crippen LogP contribution in [-0.2, 0) is 4.74 Å². The third-order valence-electron chi connectivity index (χ3n) is 1.10. The van der Waals surface area contributed by atoms with Gasteiger partial charge in [0, 0.05) is 0 Å². The van der Waals surface area contributed by atoms with Gasteiger partial charge in [-0.25, -0.2) is 0 Å². The van der Waals surface area contributed by atoms with E-state index in [0.29, 0.717) is 0 Å². The second-order valence-electron chi connectivity index (χ2n) is 1.90. The van der Waals surface area contributed by atoms with Crippen LogP contribution in [0, 0.1) is 0 Å². The summed E-state index contributed by atoms with van der Waals surface area (Å²) in [6.45, 7) is 3.85.